The van der Waals surface area contributed by atoms with E-state index in [1.165, 1.54) is 23.5 Å². The van der Waals surface area contributed by atoms with Crippen LogP contribution in [0.25, 0.3) is 10.2 Å². The molecule has 5 nitrogen and oxygen atoms in total. The number of nitrogens with one attached hydrogen (secondary N) is 1. The molecule has 0 saturated heterocycles. The van der Waals surface area contributed by atoms with E-state index >= 15 is 0 Å². The first-order valence-electron chi connectivity index (χ1n) is 11.3. The van der Waals surface area contributed by atoms with E-state index in [-0.39, 0.29) is 18.2 Å². The Morgan fingerprint density at radius 1 is 1.06 bits per heavy atom. The minimum absolute atomic E-state index is 0.200. The van der Waals surface area contributed by atoms with Crippen LogP contribution in [-0.4, -0.2) is 24.7 Å². The number of carbonyl (C=O) groups excluding carboxylic acids is 1. The van der Waals surface area contributed by atoms with Gasteiger partial charge in [0, 0.05) is 11.3 Å². The van der Waals surface area contributed by atoms with Crippen molar-refractivity contribution in [1.82, 2.24) is 4.98 Å². The summed E-state index contributed by atoms with van der Waals surface area (Å²) in [7, 11) is 1.61. The van der Waals surface area contributed by atoms with Crippen molar-refractivity contribution >= 4 is 38.3 Å². The predicted octanol–water partition coefficient (Wildman–Crippen LogP) is 6.66. The summed E-state index contributed by atoms with van der Waals surface area (Å²) < 4.78 is 25.0. The van der Waals surface area contributed by atoms with Gasteiger partial charge in [0.05, 0.1) is 30.4 Å². The lowest BCUT2D eigenvalue weighted by Gasteiger charge is -2.11. The molecule has 0 aliphatic heterocycles. The Morgan fingerprint density at radius 3 is 2.62 bits per heavy atom. The topological polar surface area (TPSA) is 60.5 Å². The summed E-state index contributed by atoms with van der Waals surface area (Å²) in [6, 6.07) is 18.6. The quantitative estimate of drug-likeness (QED) is 0.204. The Labute approximate surface area is 202 Å². The standard InChI is InChI=1S/C27H27FN2O3S/c1-3-4-13-33-26(31)16-20-8-5-19(15-24(20)32-2)14-18-6-10-22(11-7-18)29-27-30-23-12-9-21(28)17-25(23)34-27/h5-12,15,17H,3-4,13-14,16H2,1-2H3,(H,29,30). The summed E-state index contributed by atoms with van der Waals surface area (Å²) in [5, 5.41) is 4.01. The molecule has 0 spiro atoms. The SMILES string of the molecule is CCCCOC(=O)Cc1ccc(Cc2ccc(Nc3nc4ccc(F)cc4s3)cc2)cc1OC. The molecule has 4 rings (SSSR count). The van der Waals surface area contributed by atoms with Crippen molar-refractivity contribution in [2.75, 3.05) is 19.0 Å². The summed E-state index contributed by atoms with van der Waals surface area (Å²) in [4.78, 5) is 16.6. The number of nitrogens with zero attached hydrogens (tertiary/aromatic N) is 1. The molecular formula is C27H27FN2O3S. The molecule has 1 aromatic heterocycles. The van der Waals surface area contributed by atoms with E-state index in [0.717, 1.165) is 57.0 Å². The van der Waals surface area contributed by atoms with Crippen LogP contribution in [0.15, 0.2) is 60.7 Å². The highest BCUT2D eigenvalue weighted by Crippen LogP contribution is 2.29. The van der Waals surface area contributed by atoms with Crippen molar-refractivity contribution in [2.45, 2.75) is 32.6 Å². The first-order valence-corrected chi connectivity index (χ1v) is 12.1. The highest BCUT2D eigenvalue weighted by atomic mass is 32.1. The summed E-state index contributed by atoms with van der Waals surface area (Å²) in [5.41, 5.74) is 4.75. The van der Waals surface area contributed by atoms with Gasteiger partial charge in [-0.05, 0) is 60.4 Å². The Hall–Kier alpha value is -3.45. The van der Waals surface area contributed by atoms with Crippen molar-refractivity contribution in [1.29, 1.82) is 0 Å². The lowest BCUT2D eigenvalue weighted by atomic mass is 10.0. The zero-order chi connectivity index (χ0) is 23.9. The van der Waals surface area contributed by atoms with Crippen molar-refractivity contribution in [2.24, 2.45) is 0 Å². The van der Waals surface area contributed by atoms with E-state index in [1.54, 1.807) is 13.2 Å². The predicted molar refractivity (Wildman–Crippen MR) is 135 cm³/mol. The van der Waals surface area contributed by atoms with Crippen LogP contribution in [0.5, 0.6) is 5.75 Å². The van der Waals surface area contributed by atoms with Gasteiger partial charge in [0.2, 0.25) is 0 Å². The minimum atomic E-state index is -0.261. The minimum Gasteiger partial charge on any atom is -0.496 e. The number of rotatable bonds is 10. The van der Waals surface area contributed by atoms with Crippen molar-refractivity contribution in [3.63, 3.8) is 0 Å². The number of benzene rings is 3. The second-order valence-corrected chi connectivity index (χ2v) is 9.06. The highest BCUT2D eigenvalue weighted by Gasteiger charge is 2.11. The molecular weight excluding hydrogens is 451 g/mol. The van der Waals surface area contributed by atoms with Crippen LogP contribution >= 0.6 is 11.3 Å². The molecule has 7 heteroatoms. The van der Waals surface area contributed by atoms with Gasteiger partial charge in [-0.2, -0.15) is 0 Å². The van der Waals surface area contributed by atoms with E-state index in [4.69, 9.17) is 9.47 Å². The normalized spacial score (nSPS) is 10.9. The maximum absolute atomic E-state index is 13.4. The molecule has 4 aromatic rings. The molecule has 0 radical (unpaired) electrons. The molecule has 0 bridgehead atoms. The number of hydrogen-bond acceptors (Lipinski definition) is 6. The van der Waals surface area contributed by atoms with Gasteiger partial charge < -0.3 is 14.8 Å². The third-order valence-electron chi connectivity index (χ3n) is 5.41. The van der Waals surface area contributed by atoms with E-state index in [9.17, 15) is 9.18 Å². The fourth-order valence-electron chi connectivity index (χ4n) is 3.60. The van der Waals surface area contributed by atoms with Crippen LogP contribution in [0.4, 0.5) is 15.2 Å². The van der Waals surface area contributed by atoms with Crippen LogP contribution in [0, 0.1) is 5.82 Å². The van der Waals surface area contributed by atoms with Crippen LogP contribution in [0.3, 0.4) is 0 Å². The molecule has 176 valence electrons. The van der Waals surface area contributed by atoms with Gasteiger partial charge >= 0.3 is 5.97 Å². The second-order valence-electron chi connectivity index (χ2n) is 8.03. The maximum Gasteiger partial charge on any atom is 0.310 e. The van der Waals surface area contributed by atoms with Crippen LogP contribution < -0.4 is 10.1 Å². The molecule has 1 heterocycles. The van der Waals surface area contributed by atoms with Crippen LogP contribution in [-0.2, 0) is 22.4 Å². The molecule has 0 unspecified atom stereocenters. The molecule has 0 amide bonds. The van der Waals surface area contributed by atoms with Gasteiger partial charge in [0.15, 0.2) is 5.13 Å². The largest absolute Gasteiger partial charge is 0.496 e. The Balaban J connectivity index is 1.38. The Bertz CT molecular complexity index is 1270. The summed E-state index contributed by atoms with van der Waals surface area (Å²) in [6.45, 7) is 2.52. The molecule has 0 atom stereocenters. The Morgan fingerprint density at radius 2 is 1.85 bits per heavy atom. The van der Waals surface area contributed by atoms with Gasteiger partial charge in [-0.15, -0.1) is 0 Å². The van der Waals surface area contributed by atoms with Crippen molar-refractivity contribution in [3.8, 4) is 5.75 Å². The third-order valence-corrected chi connectivity index (χ3v) is 6.34. The molecule has 0 aliphatic carbocycles. The summed E-state index contributed by atoms with van der Waals surface area (Å²) >= 11 is 1.42. The van der Waals surface area contributed by atoms with Gasteiger partial charge in [0.25, 0.3) is 0 Å². The van der Waals surface area contributed by atoms with Gasteiger partial charge in [-0.3, -0.25) is 4.79 Å². The zero-order valence-electron chi connectivity index (χ0n) is 19.3. The lowest BCUT2D eigenvalue weighted by Crippen LogP contribution is -2.10. The lowest BCUT2D eigenvalue weighted by molar-refractivity contribution is -0.142. The smallest absolute Gasteiger partial charge is 0.310 e. The zero-order valence-corrected chi connectivity index (χ0v) is 20.1. The van der Waals surface area contributed by atoms with E-state index in [2.05, 4.69) is 29.4 Å². The van der Waals surface area contributed by atoms with E-state index < -0.39 is 0 Å². The first-order chi connectivity index (χ1) is 16.5. The molecule has 1 N–H and O–H groups in total. The van der Waals surface area contributed by atoms with Gasteiger partial charge in [-0.25, -0.2) is 9.37 Å². The number of aromatic nitrogens is 1. The number of thiazole rings is 1. The first kappa shape index (κ1) is 23.7. The number of methoxy groups -OCH3 is 1. The number of esters is 1. The third kappa shape index (κ3) is 6.11. The number of carbonyl (C=O) groups is 1. The summed E-state index contributed by atoms with van der Waals surface area (Å²) in [5.74, 6) is 0.194. The number of halogens is 1. The Kier molecular flexibility index (Phi) is 7.75. The fraction of sp³-hybridized carbons (Fsp3) is 0.259. The van der Waals surface area contributed by atoms with Crippen LogP contribution in [0.1, 0.15) is 36.5 Å². The monoisotopic (exact) mass is 478 g/mol. The van der Waals surface area contributed by atoms with Crippen LogP contribution in [0.2, 0.25) is 0 Å². The molecule has 3 aromatic carbocycles. The molecule has 0 fully saturated rings. The molecule has 0 saturated carbocycles. The van der Waals surface area contributed by atoms with Gasteiger partial charge in [-0.1, -0.05) is 48.9 Å². The molecule has 34 heavy (non-hydrogen) atoms. The van der Waals surface area contributed by atoms with Gasteiger partial charge in [0.1, 0.15) is 11.6 Å². The van der Waals surface area contributed by atoms with Crippen molar-refractivity contribution in [3.05, 3.63) is 83.2 Å². The highest BCUT2D eigenvalue weighted by molar-refractivity contribution is 7.22. The second kappa shape index (κ2) is 11.1. The average Bonchev–Trinajstić information content (AvgIpc) is 3.22. The number of fused-ring (bicyclic) bond motifs is 1. The number of anilines is 2. The maximum atomic E-state index is 13.4. The fourth-order valence-corrected chi connectivity index (χ4v) is 4.51. The van der Waals surface area contributed by atoms with E-state index in [0.29, 0.717) is 12.4 Å². The average molecular weight is 479 g/mol. The number of hydrogen-bond donors (Lipinski definition) is 1. The van der Waals surface area contributed by atoms with Crippen molar-refractivity contribution < 1.29 is 18.7 Å². The summed E-state index contributed by atoms with van der Waals surface area (Å²) in [6.07, 6.45) is 2.80. The number of ether oxygens (including phenoxy) is 2. The molecule has 0 aliphatic rings. The number of unbranched alkanes of at least 4 members (excludes halogenated alkanes) is 1. The van der Waals surface area contributed by atoms with E-state index in [1.807, 2.05) is 30.3 Å².